The average Bonchev–Trinajstić information content (AvgIpc) is 2.84. The Hall–Kier alpha value is -3.75. The molecule has 1 saturated heterocycles. The fourth-order valence-electron chi connectivity index (χ4n) is 3.61. The van der Waals surface area contributed by atoms with Gasteiger partial charge in [-0.25, -0.2) is 4.79 Å². The number of rotatable bonds is 6. The van der Waals surface area contributed by atoms with E-state index < -0.39 is 0 Å². The third-order valence-electron chi connectivity index (χ3n) is 5.57. The van der Waals surface area contributed by atoms with Gasteiger partial charge in [-0.2, -0.15) is 0 Å². The number of amides is 4. The second-order valence-electron chi connectivity index (χ2n) is 7.66. The number of carbonyl (C=O) groups excluding carboxylic acids is 3. The normalized spacial score (nSPS) is 13.3. The van der Waals surface area contributed by atoms with E-state index >= 15 is 0 Å². The van der Waals surface area contributed by atoms with E-state index in [1.165, 1.54) is 7.11 Å². The van der Waals surface area contributed by atoms with E-state index in [1.807, 2.05) is 13.8 Å². The molecule has 1 aliphatic rings. The van der Waals surface area contributed by atoms with Crippen molar-refractivity contribution in [3.8, 4) is 11.5 Å². The molecule has 2 N–H and O–H groups in total. The molecule has 2 aromatic rings. The van der Waals surface area contributed by atoms with Gasteiger partial charge in [0.05, 0.1) is 19.8 Å². The van der Waals surface area contributed by atoms with Crippen LogP contribution in [-0.4, -0.2) is 74.6 Å². The monoisotopic (exact) mass is 454 g/mol. The lowest BCUT2D eigenvalue weighted by atomic mass is 10.1. The molecular weight excluding hydrogens is 424 g/mol. The van der Waals surface area contributed by atoms with Crippen molar-refractivity contribution in [2.24, 2.45) is 0 Å². The molecule has 9 heteroatoms. The van der Waals surface area contributed by atoms with E-state index in [-0.39, 0.29) is 17.8 Å². The maximum atomic E-state index is 13.0. The van der Waals surface area contributed by atoms with Gasteiger partial charge in [-0.3, -0.25) is 9.59 Å². The largest absolute Gasteiger partial charge is 0.497 e. The van der Waals surface area contributed by atoms with Gasteiger partial charge in [-0.1, -0.05) is 6.07 Å². The number of methoxy groups -OCH3 is 2. The summed E-state index contributed by atoms with van der Waals surface area (Å²) in [5.41, 5.74) is 2.39. The van der Waals surface area contributed by atoms with Crippen LogP contribution in [0.1, 0.15) is 33.2 Å². The summed E-state index contributed by atoms with van der Waals surface area (Å²) in [6.45, 7) is 5.84. The number of piperazine rings is 1. The zero-order valence-corrected chi connectivity index (χ0v) is 19.4. The van der Waals surface area contributed by atoms with Crippen molar-refractivity contribution in [3.63, 3.8) is 0 Å². The molecule has 2 aromatic carbocycles. The molecule has 0 unspecified atom stereocenters. The van der Waals surface area contributed by atoms with Gasteiger partial charge < -0.3 is 29.9 Å². The van der Waals surface area contributed by atoms with Crippen LogP contribution in [-0.2, 0) is 0 Å². The van der Waals surface area contributed by atoms with Gasteiger partial charge in [0.2, 0.25) is 0 Å². The van der Waals surface area contributed by atoms with Crippen LogP contribution in [0.4, 0.5) is 10.5 Å². The maximum Gasteiger partial charge on any atom is 0.321 e. The Morgan fingerprint density at radius 2 is 1.64 bits per heavy atom. The van der Waals surface area contributed by atoms with Crippen LogP contribution in [0.25, 0.3) is 0 Å². The number of aryl methyl sites for hydroxylation is 1. The fourth-order valence-corrected chi connectivity index (χ4v) is 3.61. The van der Waals surface area contributed by atoms with Gasteiger partial charge >= 0.3 is 6.03 Å². The van der Waals surface area contributed by atoms with Crippen LogP contribution >= 0.6 is 0 Å². The topological polar surface area (TPSA) is 100 Å². The summed E-state index contributed by atoms with van der Waals surface area (Å²) in [5.74, 6) is 0.715. The number of nitrogens with one attached hydrogen (secondary N) is 2. The minimum Gasteiger partial charge on any atom is -0.497 e. The molecule has 176 valence electrons. The first-order chi connectivity index (χ1) is 15.9. The summed E-state index contributed by atoms with van der Waals surface area (Å²) in [6.07, 6.45) is 0. The van der Waals surface area contributed by atoms with E-state index in [9.17, 15) is 14.4 Å². The molecule has 33 heavy (non-hydrogen) atoms. The van der Waals surface area contributed by atoms with Crippen molar-refractivity contribution in [2.45, 2.75) is 13.8 Å². The molecule has 0 saturated carbocycles. The molecule has 0 aromatic heterocycles. The SMILES string of the molecule is CCNC(=O)c1ccc(C)c(NC(=O)N2CCN(C(=O)c3ccc(OC)cc3OC)CC2)c1. The number of nitrogens with zero attached hydrogens (tertiary/aromatic N) is 2. The Morgan fingerprint density at radius 1 is 0.939 bits per heavy atom. The molecule has 0 aliphatic carbocycles. The van der Waals surface area contributed by atoms with Crippen molar-refractivity contribution < 1.29 is 23.9 Å². The van der Waals surface area contributed by atoms with E-state index in [4.69, 9.17) is 9.47 Å². The summed E-state index contributed by atoms with van der Waals surface area (Å²) in [5, 5.41) is 5.65. The van der Waals surface area contributed by atoms with E-state index in [2.05, 4.69) is 10.6 Å². The molecule has 9 nitrogen and oxygen atoms in total. The predicted molar refractivity (Wildman–Crippen MR) is 125 cm³/mol. The highest BCUT2D eigenvalue weighted by molar-refractivity contribution is 5.98. The summed E-state index contributed by atoms with van der Waals surface area (Å²) < 4.78 is 10.5. The number of anilines is 1. The molecule has 1 fully saturated rings. The predicted octanol–water partition coefficient (Wildman–Crippen LogP) is 2.75. The lowest BCUT2D eigenvalue weighted by molar-refractivity contribution is 0.0668. The lowest BCUT2D eigenvalue weighted by Crippen LogP contribution is -2.51. The third kappa shape index (κ3) is 5.54. The van der Waals surface area contributed by atoms with Crippen molar-refractivity contribution in [2.75, 3.05) is 52.3 Å². The highest BCUT2D eigenvalue weighted by Gasteiger charge is 2.27. The van der Waals surface area contributed by atoms with Gasteiger partial charge in [-0.05, 0) is 43.7 Å². The van der Waals surface area contributed by atoms with Gasteiger partial charge in [0.15, 0.2) is 0 Å². The first-order valence-electron chi connectivity index (χ1n) is 10.8. The summed E-state index contributed by atoms with van der Waals surface area (Å²) in [4.78, 5) is 41.3. The van der Waals surface area contributed by atoms with Gasteiger partial charge in [0.25, 0.3) is 11.8 Å². The van der Waals surface area contributed by atoms with E-state index in [0.29, 0.717) is 61.0 Å². The molecule has 4 amide bonds. The first kappa shape index (κ1) is 23.9. The number of hydrogen-bond donors (Lipinski definition) is 2. The summed E-state index contributed by atoms with van der Waals surface area (Å²) in [6, 6.07) is 10.0. The second kappa shape index (κ2) is 10.7. The number of carbonyl (C=O) groups is 3. The van der Waals surface area contributed by atoms with Crippen LogP contribution in [0.15, 0.2) is 36.4 Å². The number of benzene rings is 2. The van der Waals surface area contributed by atoms with Crippen molar-refractivity contribution in [1.29, 1.82) is 0 Å². The minimum absolute atomic E-state index is 0.153. The van der Waals surface area contributed by atoms with Gasteiger partial charge in [0.1, 0.15) is 11.5 Å². The summed E-state index contributed by atoms with van der Waals surface area (Å²) in [7, 11) is 3.06. The number of urea groups is 1. The maximum absolute atomic E-state index is 13.0. The molecule has 0 bridgehead atoms. The zero-order chi connectivity index (χ0) is 24.0. The molecule has 3 rings (SSSR count). The van der Waals surface area contributed by atoms with Crippen LogP contribution in [0.2, 0.25) is 0 Å². The van der Waals surface area contributed by atoms with Crippen LogP contribution in [0, 0.1) is 6.92 Å². The Balaban J connectivity index is 1.62. The quantitative estimate of drug-likeness (QED) is 0.699. The number of ether oxygens (including phenoxy) is 2. The van der Waals surface area contributed by atoms with Crippen LogP contribution < -0.4 is 20.1 Å². The standard InChI is InChI=1S/C24H30N4O5/c1-5-25-22(29)17-7-6-16(2)20(14-17)26-24(31)28-12-10-27(11-13-28)23(30)19-9-8-18(32-3)15-21(19)33-4/h6-9,14-15H,5,10-13H2,1-4H3,(H,25,29)(H,26,31). The Kier molecular flexibility index (Phi) is 7.76. The van der Waals surface area contributed by atoms with Gasteiger partial charge in [-0.15, -0.1) is 0 Å². The molecule has 1 aliphatic heterocycles. The van der Waals surface area contributed by atoms with Crippen molar-refractivity contribution >= 4 is 23.5 Å². The Labute approximate surface area is 193 Å². The minimum atomic E-state index is -0.264. The molecule has 0 spiro atoms. The van der Waals surface area contributed by atoms with Crippen molar-refractivity contribution in [3.05, 3.63) is 53.1 Å². The summed E-state index contributed by atoms with van der Waals surface area (Å²) >= 11 is 0. The van der Waals surface area contributed by atoms with E-state index in [1.54, 1.807) is 53.3 Å². The fraction of sp³-hybridized carbons (Fsp3) is 0.375. The average molecular weight is 455 g/mol. The Morgan fingerprint density at radius 3 is 2.27 bits per heavy atom. The van der Waals surface area contributed by atoms with Gasteiger partial charge in [0, 0.05) is 50.0 Å². The molecule has 0 radical (unpaired) electrons. The number of hydrogen-bond acceptors (Lipinski definition) is 5. The van der Waals surface area contributed by atoms with E-state index in [0.717, 1.165) is 5.56 Å². The smallest absolute Gasteiger partial charge is 0.321 e. The first-order valence-corrected chi connectivity index (χ1v) is 10.8. The van der Waals surface area contributed by atoms with Crippen LogP contribution in [0.3, 0.4) is 0 Å². The highest BCUT2D eigenvalue weighted by atomic mass is 16.5. The molecular formula is C24H30N4O5. The highest BCUT2D eigenvalue weighted by Crippen LogP contribution is 2.26. The zero-order valence-electron chi connectivity index (χ0n) is 19.4. The third-order valence-corrected chi connectivity index (χ3v) is 5.57. The van der Waals surface area contributed by atoms with Crippen molar-refractivity contribution in [1.82, 2.24) is 15.1 Å². The van der Waals surface area contributed by atoms with Crippen LogP contribution in [0.5, 0.6) is 11.5 Å². The molecule has 1 heterocycles. The second-order valence-corrected chi connectivity index (χ2v) is 7.66. The Bertz CT molecular complexity index is 1030. The lowest BCUT2D eigenvalue weighted by Gasteiger charge is -2.35. The molecule has 0 atom stereocenters.